The average molecular weight is 357 g/mol. The second-order valence-electron chi connectivity index (χ2n) is 5.94. The van der Waals surface area contributed by atoms with Gasteiger partial charge in [0.1, 0.15) is 0 Å². The van der Waals surface area contributed by atoms with E-state index in [-0.39, 0.29) is 30.2 Å². The SMILES string of the molecule is O=C(COC(=O)C1CCN(C(=O)c2cccs2)CC1)c1ccccc1. The van der Waals surface area contributed by atoms with Crippen molar-refractivity contribution in [2.45, 2.75) is 12.8 Å². The van der Waals surface area contributed by atoms with Gasteiger partial charge < -0.3 is 9.64 Å². The van der Waals surface area contributed by atoms with Crippen LogP contribution in [0.5, 0.6) is 0 Å². The summed E-state index contributed by atoms with van der Waals surface area (Å²) >= 11 is 1.42. The summed E-state index contributed by atoms with van der Waals surface area (Å²) in [6, 6.07) is 12.4. The molecule has 0 spiro atoms. The molecule has 0 unspecified atom stereocenters. The quantitative estimate of drug-likeness (QED) is 0.609. The molecule has 1 amide bonds. The van der Waals surface area contributed by atoms with Gasteiger partial charge in [-0.2, -0.15) is 0 Å². The molecular weight excluding hydrogens is 338 g/mol. The molecule has 25 heavy (non-hydrogen) atoms. The van der Waals surface area contributed by atoms with Crippen LogP contribution < -0.4 is 0 Å². The maximum atomic E-state index is 12.3. The number of Topliss-reactive ketones (excluding diaryl/α,β-unsaturated/α-hetero) is 1. The summed E-state index contributed by atoms with van der Waals surface area (Å²) in [5.41, 5.74) is 0.534. The van der Waals surface area contributed by atoms with Crippen molar-refractivity contribution in [3.63, 3.8) is 0 Å². The lowest BCUT2D eigenvalue weighted by molar-refractivity contribution is -0.148. The van der Waals surface area contributed by atoms with E-state index in [0.717, 1.165) is 4.88 Å². The Labute approximate surface area is 150 Å². The molecule has 1 aromatic carbocycles. The van der Waals surface area contributed by atoms with Crippen LogP contribution >= 0.6 is 11.3 Å². The van der Waals surface area contributed by atoms with Crippen LogP contribution in [0, 0.1) is 5.92 Å². The molecule has 0 atom stereocenters. The van der Waals surface area contributed by atoms with Crippen molar-refractivity contribution in [3.05, 3.63) is 58.3 Å². The van der Waals surface area contributed by atoms with E-state index in [9.17, 15) is 14.4 Å². The Morgan fingerprint density at radius 2 is 1.76 bits per heavy atom. The van der Waals surface area contributed by atoms with Crippen LogP contribution in [0.3, 0.4) is 0 Å². The fourth-order valence-electron chi connectivity index (χ4n) is 2.84. The summed E-state index contributed by atoms with van der Waals surface area (Å²) in [5, 5.41) is 1.88. The predicted molar refractivity (Wildman–Crippen MR) is 94.7 cm³/mol. The van der Waals surface area contributed by atoms with Crippen LogP contribution in [0.1, 0.15) is 32.9 Å². The van der Waals surface area contributed by atoms with Gasteiger partial charge in [0.25, 0.3) is 5.91 Å². The van der Waals surface area contributed by atoms with Crippen molar-refractivity contribution in [1.29, 1.82) is 0 Å². The van der Waals surface area contributed by atoms with E-state index < -0.39 is 0 Å². The number of ketones is 1. The molecule has 1 aliphatic rings. The number of esters is 1. The number of hydrogen-bond acceptors (Lipinski definition) is 5. The van der Waals surface area contributed by atoms with E-state index >= 15 is 0 Å². The molecule has 2 heterocycles. The van der Waals surface area contributed by atoms with Gasteiger partial charge in [0.2, 0.25) is 0 Å². The fourth-order valence-corrected chi connectivity index (χ4v) is 3.53. The van der Waals surface area contributed by atoms with Gasteiger partial charge in [0.05, 0.1) is 10.8 Å². The third-order valence-corrected chi connectivity index (χ3v) is 5.15. The summed E-state index contributed by atoms with van der Waals surface area (Å²) in [6.45, 7) is 0.823. The minimum atomic E-state index is -0.354. The van der Waals surface area contributed by atoms with Crippen molar-refractivity contribution in [2.75, 3.05) is 19.7 Å². The molecular formula is C19H19NO4S. The zero-order chi connectivity index (χ0) is 17.6. The molecule has 1 aliphatic heterocycles. The van der Waals surface area contributed by atoms with Crippen LogP contribution in [0.25, 0.3) is 0 Å². The molecule has 0 aliphatic carbocycles. The minimum absolute atomic E-state index is 0.0149. The number of hydrogen-bond donors (Lipinski definition) is 0. The second kappa shape index (κ2) is 8.07. The lowest BCUT2D eigenvalue weighted by Gasteiger charge is -2.30. The number of carbonyl (C=O) groups excluding carboxylic acids is 3. The Bertz CT molecular complexity index is 734. The molecule has 0 saturated carbocycles. The van der Waals surface area contributed by atoms with Crippen LogP contribution in [0.4, 0.5) is 0 Å². The summed E-state index contributed by atoms with van der Waals surface area (Å²) < 4.78 is 5.18. The molecule has 1 saturated heterocycles. The Morgan fingerprint density at radius 3 is 2.40 bits per heavy atom. The molecule has 3 rings (SSSR count). The topological polar surface area (TPSA) is 63.7 Å². The molecule has 0 bridgehead atoms. The number of rotatable bonds is 5. The Hall–Kier alpha value is -2.47. The third-order valence-electron chi connectivity index (χ3n) is 4.29. The highest BCUT2D eigenvalue weighted by molar-refractivity contribution is 7.12. The van der Waals surface area contributed by atoms with E-state index in [2.05, 4.69) is 0 Å². The number of carbonyl (C=O) groups is 3. The first kappa shape index (κ1) is 17.4. The molecule has 1 fully saturated rings. The molecule has 5 nitrogen and oxygen atoms in total. The van der Waals surface area contributed by atoms with E-state index in [1.807, 2.05) is 23.6 Å². The first-order chi connectivity index (χ1) is 12.1. The van der Waals surface area contributed by atoms with Gasteiger partial charge in [0.15, 0.2) is 12.4 Å². The largest absolute Gasteiger partial charge is 0.457 e. The van der Waals surface area contributed by atoms with Gasteiger partial charge in [-0.05, 0) is 24.3 Å². The molecule has 2 aromatic rings. The van der Waals surface area contributed by atoms with Crippen LogP contribution in [-0.2, 0) is 9.53 Å². The van der Waals surface area contributed by atoms with Crippen molar-refractivity contribution >= 4 is 29.0 Å². The number of ether oxygens (including phenoxy) is 1. The molecule has 6 heteroatoms. The first-order valence-electron chi connectivity index (χ1n) is 8.23. The normalized spacial score (nSPS) is 15.0. The number of nitrogens with zero attached hydrogens (tertiary/aromatic N) is 1. The Kier molecular flexibility index (Phi) is 5.60. The van der Waals surface area contributed by atoms with Gasteiger partial charge in [-0.25, -0.2) is 0 Å². The highest BCUT2D eigenvalue weighted by Crippen LogP contribution is 2.21. The fraction of sp³-hybridized carbons (Fsp3) is 0.316. The molecule has 0 N–H and O–H groups in total. The summed E-state index contributed by atoms with van der Waals surface area (Å²) in [5.74, 6) is -0.802. The summed E-state index contributed by atoms with van der Waals surface area (Å²) in [4.78, 5) is 38.9. The van der Waals surface area contributed by atoms with Crippen molar-refractivity contribution < 1.29 is 19.1 Å². The molecule has 1 aromatic heterocycles. The maximum Gasteiger partial charge on any atom is 0.309 e. The van der Waals surface area contributed by atoms with E-state index in [0.29, 0.717) is 31.5 Å². The van der Waals surface area contributed by atoms with Gasteiger partial charge >= 0.3 is 5.97 Å². The molecule has 130 valence electrons. The van der Waals surface area contributed by atoms with E-state index in [4.69, 9.17) is 4.74 Å². The number of piperidine rings is 1. The standard InChI is InChI=1S/C19H19NO4S/c21-16(14-5-2-1-3-6-14)13-24-19(23)15-8-10-20(11-9-15)18(22)17-7-4-12-25-17/h1-7,12,15H,8-11,13H2. The van der Waals surface area contributed by atoms with Crippen molar-refractivity contribution in [1.82, 2.24) is 4.90 Å². The van der Waals surface area contributed by atoms with Crippen LogP contribution in [0.15, 0.2) is 47.8 Å². The van der Waals surface area contributed by atoms with Gasteiger partial charge in [-0.15, -0.1) is 11.3 Å². The average Bonchev–Trinajstić information content (AvgIpc) is 3.21. The van der Waals surface area contributed by atoms with Gasteiger partial charge in [0, 0.05) is 18.7 Å². The minimum Gasteiger partial charge on any atom is -0.457 e. The first-order valence-corrected chi connectivity index (χ1v) is 9.11. The smallest absolute Gasteiger partial charge is 0.309 e. The maximum absolute atomic E-state index is 12.3. The highest BCUT2D eigenvalue weighted by atomic mass is 32.1. The van der Waals surface area contributed by atoms with E-state index in [1.54, 1.807) is 29.2 Å². The van der Waals surface area contributed by atoms with Crippen LogP contribution in [-0.4, -0.2) is 42.3 Å². The zero-order valence-corrected chi connectivity index (χ0v) is 14.5. The number of benzene rings is 1. The summed E-state index contributed by atoms with van der Waals surface area (Å²) in [6.07, 6.45) is 1.13. The van der Waals surface area contributed by atoms with Crippen molar-refractivity contribution in [2.24, 2.45) is 5.92 Å². The number of amides is 1. The van der Waals surface area contributed by atoms with E-state index in [1.165, 1.54) is 11.3 Å². The number of likely N-dealkylation sites (tertiary alicyclic amines) is 1. The van der Waals surface area contributed by atoms with Gasteiger partial charge in [-0.3, -0.25) is 14.4 Å². The Balaban J connectivity index is 1.45. The van der Waals surface area contributed by atoms with Crippen molar-refractivity contribution in [3.8, 4) is 0 Å². The number of thiophene rings is 1. The molecule has 0 radical (unpaired) electrons. The van der Waals surface area contributed by atoms with Gasteiger partial charge in [-0.1, -0.05) is 36.4 Å². The third kappa shape index (κ3) is 4.33. The monoisotopic (exact) mass is 357 g/mol. The predicted octanol–water partition coefficient (Wildman–Crippen LogP) is 3.03. The Morgan fingerprint density at radius 1 is 1.04 bits per heavy atom. The second-order valence-corrected chi connectivity index (χ2v) is 6.89. The lowest BCUT2D eigenvalue weighted by atomic mass is 9.97. The zero-order valence-electron chi connectivity index (χ0n) is 13.7. The summed E-state index contributed by atoms with van der Waals surface area (Å²) in [7, 11) is 0. The highest BCUT2D eigenvalue weighted by Gasteiger charge is 2.29. The van der Waals surface area contributed by atoms with Crippen LogP contribution in [0.2, 0.25) is 0 Å². The lowest BCUT2D eigenvalue weighted by Crippen LogP contribution is -2.40.